The molecule has 0 spiro atoms. The number of furan rings is 4. The fourth-order valence-corrected chi connectivity index (χ4v) is 14.6. The van der Waals surface area contributed by atoms with Gasteiger partial charge in [-0.3, -0.25) is 0 Å². The van der Waals surface area contributed by atoms with Crippen LogP contribution in [0.5, 0.6) is 0 Å². The first-order valence-electron chi connectivity index (χ1n) is 33.2. The quantitative estimate of drug-likeness (QED) is 0.130. The fourth-order valence-electron chi connectivity index (χ4n) is 14.6. The summed E-state index contributed by atoms with van der Waals surface area (Å²) in [5.41, 5.74) is 20.9. The molecule has 0 aliphatic rings. The highest BCUT2D eigenvalue weighted by molar-refractivity contribution is 6.25. The molecule has 0 aliphatic carbocycles. The predicted molar refractivity (Wildman–Crippen MR) is 389 cm³/mol. The predicted octanol–water partition coefficient (Wildman–Crippen LogP) is 23.7. The van der Waals surface area contributed by atoms with E-state index in [9.17, 15) is 0 Å². The minimum atomic E-state index is -0.104. The number of nitrogens with zero attached hydrogens (tertiary/aromatic N) is 2. The van der Waals surface area contributed by atoms with E-state index in [2.05, 4.69) is 310 Å². The van der Waals surface area contributed by atoms with Crippen molar-refractivity contribution in [1.82, 2.24) is 0 Å². The van der Waals surface area contributed by atoms with Crippen molar-refractivity contribution in [3.05, 3.63) is 221 Å². The van der Waals surface area contributed by atoms with E-state index in [0.29, 0.717) is 0 Å². The van der Waals surface area contributed by atoms with E-state index in [0.717, 1.165) is 154 Å². The topological polar surface area (TPSA) is 60.3 Å². The van der Waals surface area contributed by atoms with Gasteiger partial charge >= 0.3 is 0 Å². The standard InChI is InChI=1S/C87H82N2O4/c1-82(2,3)48-19-27-54(28-20-48)88-66-35-31-56-60-43-50(84(7,8)9)23-39-70(60)90-78(56)74(66)64(75-67(88)36-32-57-61-44-51(85(10,11)12)24-40-71(61)91-79(57)75)47-65-76-68(37-33-58-62-45-52(86(13,14)15)25-41-72(62)92-80(58)76)89(55-29-21-49(22-30-55)83(4,5)6)69-38-34-59-63-46-53(87(16,17)18)26-42-73(63)93-81(59)77(65)69/h19-46H,1-18H3/q+2. The summed E-state index contributed by atoms with van der Waals surface area (Å²) < 4.78 is 34.8. The molecule has 6 heterocycles. The summed E-state index contributed by atoms with van der Waals surface area (Å²) in [6.45, 7) is 41.0. The van der Waals surface area contributed by atoms with Crippen molar-refractivity contribution in [2.75, 3.05) is 0 Å². The summed E-state index contributed by atoms with van der Waals surface area (Å²) in [5, 5.41) is 12.0. The van der Waals surface area contributed by atoms with Crippen LogP contribution in [-0.2, 0) is 32.5 Å². The normalized spacial score (nSPS) is 13.5. The van der Waals surface area contributed by atoms with Gasteiger partial charge in [0.05, 0.1) is 28.0 Å². The minimum absolute atomic E-state index is 0.0602. The Hall–Kier alpha value is -9.26. The Morgan fingerprint density at radius 1 is 0.237 bits per heavy atom. The highest BCUT2D eigenvalue weighted by atomic mass is 16.3. The average molecular weight is 1220 g/mol. The molecule has 0 bridgehead atoms. The lowest BCUT2D eigenvalue weighted by molar-refractivity contribution is -0.538. The Morgan fingerprint density at radius 2 is 0.452 bits per heavy atom. The largest absolute Gasteiger partial charge is 0.455 e. The monoisotopic (exact) mass is 1220 g/mol. The molecule has 6 nitrogen and oxygen atoms in total. The maximum Gasteiger partial charge on any atom is 0.223 e. The van der Waals surface area contributed by atoms with Crippen LogP contribution in [0.25, 0.3) is 143 Å². The Labute approximate surface area is 544 Å². The smallest absolute Gasteiger partial charge is 0.223 e. The zero-order chi connectivity index (χ0) is 65.1. The molecule has 93 heavy (non-hydrogen) atoms. The van der Waals surface area contributed by atoms with Gasteiger partial charge in [-0.25, -0.2) is 0 Å². The van der Waals surface area contributed by atoms with Gasteiger partial charge in [0.2, 0.25) is 33.4 Å². The molecular formula is C87H82N2O4+2. The Kier molecular flexibility index (Phi) is 12.4. The SMILES string of the molecule is CC(C)(C)c1ccc(-[n+]2c3ccc4c5cc(C(C)(C)C)ccc5oc4c3c([C]c3c4c5oc6ccc(C(C)(C)C)cc6c5ccc4[n+](-c4ccc(C(C)(C)C)cc4)c4ccc5c6cc(C(C)(C)C)ccc6oc5c34)c3c4oc5ccc(C(C)(C)C)cc5c4ccc32)cc1. The van der Waals surface area contributed by atoms with Crippen LogP contribution in [0.15, 0.2) is 188 Å². The first-order valence-corrected chi connectivity index (χ1v) is 33.2. The third-order valence-corrected chi connectivity index (χ3v) is 20.1. The van der Waals surface area contributed by atoms with Gasteiger partial charge in [0.1, 0.15) is 44.7 Å². The van der Waals surface area contributed by atoms with Crippen molar-refractivity contribution >= 4 is 131 Å². The molecule has 462 valence electrons. The summed E-state index contributed by atoms with van der Waals surface area (Å²) >= 11 is 0. The van der Waals surface area contributed by atoms with Gasteiger partial charge < -0.3 is 17.7 Å². The maximum atomic E-state index is 7.50. The van der Waals surface area contributed by atoms with E-state index in [4.69, 9.17) is 17.7 Å². The van der Waals surface area contributed by atoms with Crippen molar-refractivity contribution < 1.29 is 26.8 Å². The third kappa shape index (κ3) is 9.15. The van der Waals surface area contributed by atoms with E-state index < -0.39 is 0 Å². The Morgan fingerprint density at radius 3 is 0.667 bits per heavy atom. The Balaban J connectivity index is 1.15. The molecule has 10 aromatic carbocycles. The minimum Gasteiger partial charge on any atom is -0.455 e. The van der Waals surface area contributed by atoms with Crippen LogP contribution >= 0.6 is 0 Å². The van der Waals surface area contributed by atoms with Crippen LogP contribution < -0.4 is 9.13 Å². The third-order valence-electron chi connectivity index (χ3n) is 20.1. The van der Waals surface area contributed by atoms with Crippen LogP contribution in [0.1, 0.15) is 169 Å². The number of aromatic nitrogens is 2. The van der Waals surface area contributed by atoms with Gasteiger partial charge in [-0.2, -0.15) is 9.13 Å². The van der Waals surface area contributed by atoms with Crippen LogP contribution in [-0.4, -0.2) is 0 Å². The van der Waals surface area contributed by atoms with Crippen LogP contribution in [0, 0.1) is 6.42 Å². The molecule has 0 atom stereocenters. The highest BCUT2D eigenvalue weighted by Gasteiger charge is 2.36. The fraction of sp³-hybridized carbons (Fsp3) is 0.276. The highest BCUT2D eigenvalue weighted by Crippen LogP contribution is 2.49. The molecule has 0 fully saturated rings. The first-order chi connectivity index (χ1) is 43.9. The van der Waals surface area contributed by atoms with Crippen molar-refractivity contribution in [2.45, 2.75) is 157 Å². The van der Waals surface area contributed by atoms with Gasteiger partial charge in [-0.05, 0) is 139 Å². The summed E-state index contributed by atoms with van der Waals surface area (Å²) in [6, 6.07) is 63.5. The number of rotatable bonds is 4. The molecule has 6 heteroatoms. The molecule has 0 saturated heterocycles. The number of benzene rings is 10. The Bertz CT molecular complexity index is 5190. The maximum absolute atomic E-state index is 7.50. The van der Waals surface area contributed by atoms with E-state index in [1.165, 1.54) is 33.4 Å². The summed E-state index contributed by atoms with van der Waals surface area (Å²) in [6.07, 6.45) is 4.51. The van der Waals surface area contributed by atoms with Crippen molar-refractivity contribution in [1.29, 1.82) is 0 Å². The van der Waals surface area contributed by atoms with Crippen LogP contribution in [0.2, 0.25) is 0 Å². The number of hydrogen-bond acceptors (Lipinski definition) is 4. The summed E-state index contributed by atoms with van der Waals surface area (Å²) in [7, 11) is 0. The first kappa shape index (κ1) is 58.8. The van der Waals surface area contributed by atoms with E-state index in [1.807, 2.05) is 0 Å². The lowest BCUT2D eigenvalue weighted by atomic mass is 9.85. The second-order valence-electron chi connectivity index (χ2n) is 32.7. The average Bonchev–Trinajstić information content (AvgIpc) is 1.67. The molecule has 16 rings (SSSR count). The molecule has 2 radical (unpaired) electrons. The van der Waals surface area contributed by atoms with Crippen molar-refractivity contribution in [3.8, 4) is 11.4 Å². The molecule has 0 N–H and O–H groups in total. The molecule has 0 amide bonds. The zero-order valence-electron chi connectivity index (χ0n) is 57.2. The molecule has 0 saturated carbocycles. The van der Waals surface area contributed by atoms with Gasteiger partial charge in [0.25, 0.3) is 0 Å². The van der Waals surface area contributed by atoms with Crippen LogP contribution in [0.4, 0.5) is 0 Å². The molecule has 6 aromatic heterocycles. The van der Waals surface area contributed by atoms with Gasteiger partial charge in [-0.15, -0.1) is 0 Å². The second kappa shape index (κ2) is 19.6. The van der Waals surface area contributed by atoms with Crippen molar-refractivity contribution in [3.63, 3.8) is 0 Å². The number of pyridine rings is 2. The van der Waals surface area contributed by atoms with E-state index in [-0.39, 0.29) is 32.5 Å². The molecule has 0 aliphatic heterocycles. The van der Waals surface area contributed by atoms with Crippen LogP contribution in [0.3, 0.4) is 0 Å². The number of hydrogen-bond donors (Lipinski definition) is 0. The van der Waals surface area contributed by atoms with Crippen molar-refractivity contribution in [2.24, 2.45) is 0 Å². The molecule has 16 aromatic rings. The van der Waals surface area contributed by atoms with Gasteiger partial charge in [0, 0.05) is 103 Å². The molecular weight excluding hydrogens is 1140 g/mol. The second-order valence-corrected chi connectivity index (χ2v) is 32.7. The summed E-state index contributed by atoms with van der Waals surface area (Å²) in [4.78, 5) is 0. The van der Waals surface area contributed by atoms with E-state index >= 15 is 0 Å². The summed E-state index contributed by atoms with van der Waals surface area (Å²) in [5.74, 6) is 0. The van der Waals surface area contributed by atoms with E-state index in [1.54, 1.807) is 0 Å². The lowest BCUT2D eigenvalue weighted by Crippen LogP contribution is -2.34. The lowest BCUT2D eigenvalue weighted by Gasteiger charge is -2.19. The zero-order valence-corrected chi connectivity index (χ0v) is 57.2. The van der Waals surface area contributed by atoms with Gasteiger partial charge in [-0.1, -0.05) is 173 Å². The molecule has 0 unspecified atom stereocenters. The number of fused-ring (bicyclic) bond motifs is 20. The van der Waals surface area contributed by atoms with Gasteiger partial charge in [0.15, 0.2) is 0 Å².